The van der Waals surface area contributed by atoms with Gasteiger partial charge in [-0.05, 0) is 12.1 Å². The van der Waals surface area contributed by atoms with Crippen molar-refractivity contribution < 1.29 is 28.3 Å². The standard InChI is InChI=1S/C11H11F2N3O4/c12-7-3-5(6(10(18)19)4-8(7)13)9(17)15-1-2-16-11(14)20/h3-4H,1-2H2,(H,15,17)(H,18,19)(H3,14,16,20). The zero-order chi connectivity index (χ0) is 15.3. The van der Waals surface area contributed by atoms with Gasteiger partial charge in [0.15, 0.2) is 11.6 Å². The third-order valence-electron chi connectivity index (χ3n) is 2.25. The fourth-order valence-electron chi connectivity index (χ4n) is 1.37. The lowest BCUT2D eigenvalue weighted by atomic mass is 10.1. The van der Waals surface area contributed by atoms with Crippen molar-refractivity contribution in [2.75, 3.05) is 13.1 Å². The Hall–Kier alpha value is -2.71. The van der Waals surface area contributed by atoms with Crippen LogP contribution in [0.15, 0.2) is 12.1 Å². The molecule has 5 N–H and O–H groups in total. The number of carbonyl (C=O) groups is 3. The van der Waals surface area contributed by atoms with Crippen LogP contribution in [0.4, 0.5) is 13.6 Å². The third-order valence-corrected chi connectivity index (χ3v) is 2.25. The van der Waals surface area contributed by atoms with Crippen LogP contribution < -0.4 is 16.4 Å². The Morgan fingerprint density at radius 1 is 1.05 bits per heavy atom. The number of carboxylic acids is 1. The van der Waals surface area contributed by atoms with E-state index in [2.05, 4.69) is 10.6 Å². The van der Waals surface area contributed by atoms with Gasteiger partial charge in [-0.3, -0.25) is 4.79 Å². The number of hydrogen-bond acceptors (Lipinski definition) is 3. The minimum Gasteiger partial charge on any atom is -0.478 e. The summed E-state index contributed by atoms with van der Waals surface area (Å²) in [5.41, 5.74) is 3.61. The van der Waals surface area contributed by atoms with Crippen LogP contribution in [-0.4, -0.2) is 36.1 Å². The Morgan fingerprint density at radius 2 is 1.55 bits per heavy atom. The van der Waals surface area contributed by atoms with Gasteiger partial charge in [0.1, 0.15) is 0 Å². The number of primary amides is 1. The number of amides is 3. The van der Waals surface area contributed by atoms with Crippen molar-refractivity contribution in [3.8, 4) is 0 Å². The number of urea groups is 1. The Kier molecular flexibility index (Phi) is 4.95. The molecule has 0 spiro atoms. The second kappa shape index (κ2) is 6.45. The molecule has 0 saturated heterocycles. The molecule has 1 rings (SSSR count). The minimum absolute atomic E-state index is 0.00710. The van der Waals surface area contributed by atoms with E-state index in [-0.39, 0.29) is 13.1 Å². The molecular formula is C11H11F2N3O4. The Morgan fingerprint density at radius 3 is 2.05 bits per heavy atom. The zero-order valence-electron chi connectivity index (χ0n) is 10.1. The number of halogens is 2. The van der Waals surface area contributed by atoms with Gasteiger partial charge in [0.05, 0.1) is 11.1 Å². The van der Waals surface area contributed by atoms with Crippen molar-refractivity contribution in [3.63, 3.8) is 0 Å². The molecule has 0 aliphatic carbocycles. The molecule has 1 aromatic rings. The fraction of sp³-hybridized carbons (Fsp3) is 0.182. The van der Waals surface area contributed by atoms with E-state index in [1.54, 1.807) is 0 Å². The molecule has 0 heterocycles. The quantitative estimate of drug-likeness (QED) is 0.572. The summed E-state index contributed by atoms with van der Waals surface area (Å²) in [7, 11) is 0. The molecule has 0 radical (unpaired) electrons. The van der Waals surface area contributed by atoms with Crippen LogP contribution >= 0.6 is 0 Å². The molecule has 0 atom stereocenters. The molecule has 9 heteroatoms. The second-order valence-corrected chi connectivity index (χ2v) is 3.66. The van der Waals surface area contributed by atoms with E-state index in [9.17, 15) is 23.2 Å². The van der Waals surface area contributed by atoms with E-state index in [4.69, 9.17) is 10.8 Å². The van der Waals surface area contributed by atoms with Crippen molar-refractivity contribution >= 4 is 17.9 Å². The lowest BCUT2D eigenvalue weighted by Crippen LogP contribution is -2.37. The summed E-state index contributed by atoms with van der Waals surface area (Å²) in [6.45, 7) is -0.0486. The molecule has 0 aliphatic heterocycles. The summed E-state index contributed by atoms with van der Waals surface area (Å²) in [6, 6.07) is 0.127. The lowest BCUT2D eigenvalue weighted by molar-refractivity contribution is 0.0690. The molecule has 3 amide bonds. The summed E-state index contributed by atoms with van der Waals surface area (Å²) in [4.78, 5) is 32.9. The van der Waals surface area contributed by atoms with Crippen molar-refractivity contribution in [3.05, 3.63) is 34.9 Å². The number of nitrogens with one attached hydrogen (secondary N) is 2. The van der Waals surface area contributed by atoms with Gasteiger partial charge in [-0.1, -0.05) is 0 Å². The molecule has 0 fully saturated rings. The van der Waals surface area contributed by atoms with E-state index < -0.39 is 40.7 Å². The van der Waals surface area contributed by atoms with Gasteiger partial charge in [-0.25, -0.2) is 18.4 Å². The van der Waals surface area contributed by atoms with Crippen LogP contribution in [0.3, 0.4) is 0 Å². The van der Waals surface area contributed by atoms with Gasteiger partial charge < -0.3 is 21.5 Å². The van der Waals surface area contributed by atoms with E-state index >= 15 is 0 Å². The summed E-state index contributed by atoms with van der Waals surface area (Å²) in [5.74, 6) is -5.18. The minimum atomic E-state index is -1.57. The number of benzene rings is 1. The Balaban J connectivity index is 2.84. The first-order valence-corrected chi connectivity index (χ1v) is 5.36. The van der Waals surface area contributed by atoms with Crippen molar-refractivity contribution in [2.24, 2.45) is 5.73 Å². The Bertz CT molecular complexity index is 563. The van der Waals surface area contributed by atoms with E-state index in [0.717, 1.165) is 0 Å². The van der Waals surface area contributed by atoms with Crippen molar-refractivity contribution in [1.82, 2.24) is 10.6 Å². The fourth-order valence-corrected chi connectivity index (χ4v) is 1.37. The highest BCUT2D eigenvalue weighted by Crippen LogP contribution is 2.15. The van der Waals surface area contributed by atoms with Crippen molar-refractivity contribution in [2.45, 2.75) is 0 Å². The highest BCUT2D eigenvalue weighted by molar-refractivity contribution is 6.04. The van der Waals surface area contributed by atoms with Gasteiger partial charge in [-0.15, -0.1) is 0 Å². The number of nitrogens with two attached hydrogens (primary N) is 1. The normalized spacial score (nSPS) is 9.90. The largest absolute Gasteiger partial charge is 0.478 e. The number of carboxylic acid groups (broad SMARTS) is 1. The number of rotatable bonds is 5. The molecule has 0 saturated carbocycles. The predicted octanol–water partition coefficient (Wildman–Crippen LogP) is 0.0611. The van der Waals surface area contributed by atoms with Gasteiger partial charge >= 0.3 is 12.0 Å². The van der Waals surface area contributed by atoms with E-state index in [0.29, 0.717) is 12.1 Å². The van der Waals surface area contributed by atoms with Crippen LogP contribution in [0.25, 0.3) is 0 Å². The highest BCUT2D eigenvalue weighted by Gasteiger charge is 2.20. The first kappa shape index (κ1) is 15.3. The first-order chi connectivity index (χ1) is 9.32. The van der Waals surface area contributed by atoms with Gasteiger partial charge in [0.25, 0.3) is 5.91 Å². The average molecular weight is 287 g/mol. The summed E-state index contributed by atoms with van der Waals surface area (Å²) < 4.78 is 26.0. The number of hydrogen-bond donors (Lipinski definition) is 4. The van der Waals surface area contributed by atoms with E-state index in [1.807, 2.05) is 0 Å². The molecule has 1 aromatic carbocycles. The predicted molar refractivity (Wildman–Crippen MR) is 63.2 cm³/mol. The summed E-state index contributed by atoms with van der Waals surface area (Å²) in [5, 5.41) is 13.3. The lowest BCUT2D eigenvalue weighted by Gasteiger charge is -2.08. The average Bonchev–Trinajstić information content (AvgIpc) is 2.36. The van der Waals surface area contributed by atoms with Gasteiger partial charge in [0, 0.05) is 13.1 Å². The van der Waals surface area contributed by atoms with Crippen LogP contribution in [0.5, 0.6) is 0 Å². The molecular weight excluding hydrogens is 276 g/mol. The first-order valence-electron chi connectivity index (χ1n) is 5.36. The van der Waals surface area contributed by atoms with E-state index in [1.165, 1.54) is 0 Å². The highest BCUT2D eigenvalue weighted by atomic mass is 19.2. The molecule has 0 unspecified atom stereocenters. The van der Waals surface area contributed by atoms with Crippen molar-refractivity contribution in [1.29, 1.82) is 0 Å². The van der Waals surface area contributed by atoms with Gasteiger partial charge in [-0.2, -0.15) is 0 Å². The topological polar surface area (TPSA) is 122 Å². The SMILES string of the molecule is NC(=O)NCCNC(=O)c1cc(F)c(F)cc1C(=O)O. The molecule has 108 valence electrons. The molecule has 0 aromatic heterocycles. The monoisotopic (exact) mass is 287 g/mol. The zero-order valence-corrected chi connectivity index (χ0v) is 10.1. The molecule has 20 heavy (non-hydrogen) atoms. The van der Waals surface area contributed by atoms with Gasteiger partial charge in [0.2, 0.25) is 0 Å². The smallest absolute Gasteiger partial charge is 0.336 e. The Labute approximate surface area is 111 Å². The summed E-state index contributed by atoms with van der Waals surface area (Å²) in [6.07, 6.45) is 0. The summed E-state index contributed by atoms with van der Waals surface area (Å²) >= 11 is 0. The maximum atomic E-state index is 13.1. The number of aromatic carboxylic acids is 1. The molecule has 0 aliphatic rings. The maximum Gasteiger partial charge on any atom is 0.336 e. The van der Waals surface area contributed by atoms with Crippen LogP contribution in [0, 0.1) is 11.6 Å². The molecule has 7 nitrogen and oxygen atoms in total. The second-order valence-electron chi connectivity index (χ2n) is 3.66. The number of carbonyl (C=O) groups excluding carboxylic acids is 2. The van der Waals surface area contributed by atoms with Crippen LogP contribution in [0.2, 0.25) is 0 Å². The molecule has 0 bridgehead atoms. The third kappa shape index (κ3) is 3.90. The van der Waals surface area contributed by atoms with Crippen LogP contribution in [0.1, 0.15) is 20.7 Å². The maximum absolute atomic E-state index is 13.1. The van der Waals surface area contributed by atoms with Crippen LogP contribution in [-0.2, 0) is 0 Å².